The number of fused-ring (bicyclic) bond motifs is 2. The van der Waals surface area contributed by atoms with Crippen LogP contribution in [0.5, 0.6) is 0 Å². The normalized spacial score (nSPS) is 19.7. The van der Waals surface area contributed by atoms with Gasteiger partial charge in [0.15, 0.2) is 11.6 Å². The molecular weight excluding hydrogens is 370 g/mol. The van der Waals surface area contributed by atoms with Crippen molar-refractivity contribution in [2.45, 2.75) is 26.2 Å². The zero-order valence-corrected chi connectivity index (χ0v) is 17.0. The highest BCUT2D eigenvalue weighted by molar-refractivity contribution is 5.98. The third kappa shape index (κ3) is 3.83. The molecule has 4 rings (SSSR count). The molecule has 0 radical (unpaired) electrons. The van der Waals surface area contributed by atoms with Crippen molar-refractivity contribution in [2.24, 2.45) is 5.92 Å². The molecule has 1 saturated heterocycles. The molecule has 1 unspecified atom stereocenters. The molecule has 2 aliphatic heterocycles. The highest BCUT2D eigenvalue weighted by Gasteiger charge is 2.35. The van der Waals surface area contributed by atoms with Gasteiger partial charge < -0.3 is 14.5 Å². The van der Waals surface area contributed by atoms with Crippen LogP contribution in [-0.2, 0) is 9.53 Å². The Labute approximate surface area is 170 Å². The summed E-state index contributed by atoms with van der Waals surface area (Å²) in [5.41, 5.74) is 1.59. The number of para-hydroxylation sites is 2. The van der Waals surface area contributed by atoms with E-state index in [1.807, 2.05) is 31.3 Å². The van der Waals surface area contributed by atoms with Crippen molar-refractivity contribution in [3.05, 3.63) is 24.3 Å². The smallest absolute Gasteiger partial charge is 0.409 e. The number of nitrogens with zero attached hydrogens (tertiary/aromatic N) is 5. The molecule has 0 saturated carbocycles. The van der Waals surface area contributed by atoms with Crippen molar-refractivity contribution >= 4 is 34.7 Å². The van der Waals surface area contributed by atoms with Crippen molar-refractivity contribution in [2.75, 3.05) is 49.6 Å². The van der Waals surface area contributed by atoms with Crippen LogP contribution in [0.2, 0.25) is 0 Å². The van der Waals surface area contributed by atoms with Gasteiger partial charge in [-0.3, -0.25) is 9.69 Å². The summed E-state index contributed by atoms with van der Waals surface area (Å²) < 4.78 is 5.13. The van der Waals surface area contributed by atoms with E-state index in [0.717, 1.165) is 42.7 Å². The standard InChI is InChI=1S/C21H27N5O3/c1-3-29-21(28)25-12-6-8-15(14-25)20(27)26-13-7-11-24(2)18-19(26)23-17-10-5-4-9-16(17)22-18/h4-5,9-10,15H,3,6-8,11-14H2,1-2H3. The second-order valence-electron chi connectivity index (χ2n) is 7.61. The van der Waals surface area contributed by atoms with Gasteiger partial charge in [-0.25, -0.2) is 14.8 Å². The van der Waals surface area contributed by atoms with Gasteiger partial charge in [0.2, 0.25) is 5.91 Å². The van der Waals surface area contributed by atoms with Crippen LogP contribution >= 0.6 is 0 Å². The first kappa shape index (κ1) is 19.4. The molecule has 2 amide bonds. The molecule has 8 heteroatoms. The largest absolute Gasteiger partial charge is 0.450 e. The van der Waals surface area contributed by atoms with Crippen LogP contribution < -0.4 is 9.80 Å². The van der Waals surface area contributed by atoms with Gasteiger partial charge in [-0.15, -0.1) is 0 Å². The van der Waals surface area contributed by atoms with Gasteiger partial charge in [0.05, 0.1) is 23.6 Å². The highest BCUT2D eigenvalue weighted by Crippen LogP contribution is 2.32. The lowest BCUT2D eigenvalue weighted by Gasteiger charge is -2.34. The van der Waals surface area contributed by atoms with E-state index in [9.17, 15) is 9.59 Å². The molecule has 1 atom stereocenters. The molecule has 0 aliphatic carbocycles. The monoisotopic (exact) mass is 397 g/mol. The molecule has 0 bridgehead atoms. The summed E-state index contributed by atoms with van der Waals surface area (Å²) >= 11 is 0. The third-order valence-corrected chi connectivity index (χ3v) is 5.59. The van der Waals surface area contributed by atoms with Gasteiger partial charge in [0, 0.05) is 33.2 Å². The number of aromatic nitrogens is 2. The van der Waals surface area contributed by atoms with Crippen molar-refractivity contribution in [1.29, 1.82) is 0 Å². The van der Waals surface area contributed by atoms with Crippen LogP contribution in [0.1, 0.15) is 26.2 Å². The van der Waals surface area contributed by atoms with Crippen LogP contribution in [0.25, 0.3) is 11.0 Å². The number of hydrogen-bond acceptors (Lipinski definition) is 6. The lowest BCUT2D eigenvalue weighted by atomic mass is 9.96. The maximum Gasteiger partial charge on any atom is 0.409 e. The summed E-state index contributed by atoms with van der Waals surface area (Å²) in [6, 6.07) is 7.72. The number of carbonyl (C=O) groups excluding carboxylic acids is 2. The molecule has 2 aromatic rings. The molecule has 8 nitrogen and oxygen atoms in total. The number of hydrogen-bond donors (Lipinski definition) is 0. The second-order valence-corrected chi connectivity index (χ2v) is 7.61. The van der Waals surface area contributed by atoms with E-state index < -0.39 is 0 Å². The van der Waals surface area contributed by atoms with Gasteiger partial charge in [0.25, 0.3) is 0 Å². The number of amides is 2. The first-order valence-electron chi connectivity index (χ1n) is 10.3. The topological polar surface area (TPSA) is 78.9 Å². The number of anilines is 2. The van der Waals surface area contributed by atoms with Crippen molar-refractivity contribution < 1.29 is 14.3 Å². The fourth-order valence-electron chi connectivity index (χ4n) is 4.09. The third-order valence-electron chi connectivity index (χ3n) is 5.59. The van der Waals surface area contributed by atoms with Crippen molar-refractivity contribution in [1.82, 2.24) is 14.9 Å². The molecule has 29 heavy (non-hydrogen) atoms. The number of ether oxygens (including phenoxy) is 1. The molecule has 154 valence electrons. The van der Waals surface area contributed by atoms with Gasteiger partial charge in [-0.2, -0.15) is 0 Å². The molecule has 1 fully saturated rings. The van der Waals surface area contributed by atoms with E-state index in [2.05, 4.69) is 4.90 Å². The Kier molecular flexibility index (Phi) is 5.51. The highest BCUT2D eigenvalue weighted by atomic mass is 16.6. The number of rotatable bonds is 2. The Morgan fingerprint density at radius 2 is 1.79 bits per heavy atom. The molecule has 2 aliphatic rings. The van der Waals surface area contributed by atoms with E-state index in [-0.39, 0.29) is 17.9 Å². The van der Waals surface area contributed by atoms with E-state index >= 15 is 0 Å². The van der Waals surface area contributed by atoms with Crippen molar-refractivity contribution in [3.8, 4) is 0 Å². The summed E-state index contributed by atoms with van der Waals surface area (Å²) in [5.74, 6) is 1.10. The number of piperidine rings is 1. The summed E-state index contributed by atoms with van der Waals surface area (Å²) in [7, 11) is 1.99. The van der Waals surface area contributed by atoms with Gasteiger partial charge in [0.1, 0.15) is 0 Å². The van der Waals surface area contributed by atoms with Crippen LogP contribution in [0, 0.1) is 5.92 Å². The average Bonchev–Trinajstić information content (AvgIpc) is 2.90. The maximum absolute atomic E-state index is 13.5. The van der Waals surface area contributed by atoms with Gasteiger partial charge >= 0.3 is 6.09 Å². The first-order valence-corrected chi connectivity index (χ1v) is 10.3. The minimum atomic E-state index is -0.341. The van der Waals surface area contributed by atoms with E-state index in [1.165, 1.54) is 0 Å². The lowest BCUT2D eigenvalue weighted by molar-refractivity contribution is -0.123. The zero-order chi connectivity index (χ0) is 20.4. The molecule has 3 heterocycles. The minimum absolute atomic E-state index is 0.0140. The molecule has 1 aromatic heterocycles. The number of benzene rings is 1. The SMILES string of the molecule is CCOC(=O)N1CCCC(C(=O)N2CCCN(C)c3nc4ccccc4nc32)C1. The molecule has 0 spiro atoms. The predicted molar refractivity (Wildman–Crippen MR) is 111 cm³/mol. The first-order chi connectivity index (χ1) is 14.1. The number of likely N-dealkylation sites (tertiary alicyclic amines) is 1. The van der Waals surface area contributed by atoms with E-state index in [0.29, 0.717) is 32.1 Å². The van der Waals surface area contributed by atoms with E-state index in [1.54, 1.807) is 16.7 Å². The molecular formula is C21H27N5O3. The maximum atomic E-state index is 13.5. The lowest BCUT2D eigenvalue weighted by Crippen LogP contribution is -2.47. The van der Waals surface area contributed by atoms with Crippen LogP contribution in [-0.4, -0.2) is 66.7 Å². The minimum Gasteiger partial charge on any atom is -0.450 e. The summed E-state index contributed by atoms with van der Waals surface area (Å²) in [6.07, 6.45) is 2.05. The molecule has 1 aromatic carbocycles. The summed E-state index contributed by atoms with van der Waals surface area (Å²) in [4.78, 5) is 40.7. The van der Waals surface area contributed by atoms with Gasteiger partial charge in [-0.05, 0) is 38.3 Å². The summed E-state index contributed by atoms with van der Waals surface area (Å²) in [6.45, 7) is 4.55. The van der Waals surface area contributed by atoms with Crippen LogP contribution in [0.4, 0.5) is 16.4 Å². The Bertz CT molecular complexity index is 918. The number of carbonyl (C=O) groups is 2. The van der Waals surface area contributed by atoms with Crippen molar-refractivity contribution in [3.63, 3.8) is 0 Å². The zero-order valence-electron chi connectivity index (χ0n) is 17.0. The quantitative estimate of drug-likeness (QED) is 0.775. The Morgan fingerprint density at radius 1 is 1.07 bits per heavy atom. The Morgan fingerprint density at radius 3 is 2.52 bits per heavy atom. The Hall–Kier alpha value is -2.90. The predicted octanol–water partition coefficient (Wildman–Crippen LogP) is 2.67. The Balaban J connectivity index is 1.64. The molecule has 0 N–H and O–H groups in total. The van der Waals surface area contributed by atoms with Crippen LogP contribution in [0.3, 0.4) is 0 Å². The summed E-state index contributed by atoms with van der Waals surface area (Å²) in [5, 5.41) is 0. The van der Waals surface area contributed by atoms with Gasteiger partial charge in [-0.1, -0.05) is 12.1 Å². The fraction of sp³-hybridized carbons (Fsp3) is 0.524. The van der Waals surface area contributed by atoms with E-state index in [4.69, 9.17) is 14.7 Å². The average molecular weight is 397 g/mol. The van der Waals surface area contributed by atoms with Crippen LogP contribution in [0.15, 0.2) is 24.3 Å². The fourth-order valence-corrected chi connectivity index (χ4v) is 4.09. The second kappa shape index (κ2) is 8.23.